The van der Waals surface area contributed by atoms with Crippen LogP contribution in [0.5, 0.6) is 0 Å². The molecule has 4 saturated heterocycles. The summed E-state index contributed by atoms with van der Waals surface area (Å²) in [5.74, 6) is 0.0508. The van der Waals surface area contributed by atoms with Gasteiger partial charge >= 0.3 is 0 Å². The van der Waals surface area contributed by atoms with Crippen LogP contribution in [0.2, 0.25) is 0 Å². The van der Waals surface area contributed by atoms with Crippen molar-refractivity contribution in [2.24, 2.45) is 0 Å². The summed E-state index contributed by atoms with van der Waals surface area (Å²) in [6, 6.07) is 0. The molecule has 4 rings (SSSR count). The SMILES string of the molecule is C.C.C.C.C=CC(=O)N1C(C)(C)CN(COC)CC1(C)C.C=CC(=O)N1C(C)(C)CN(C[CH-]OC)CC1(C)C.C=CC(=O)N1CCN(COC)CC1.C=CC(=O)N1CCN(C[CH-]OC)CC1.[Y].[Y]. The van der Waals surface area contributed by atoms with Gasteiger partial charge in [0.05, 0.1) is 35.6 Å². The van der Waals surface area contributed by atoms with E-state index in [1.165, 1.54) is 24.3 Å². The van der Waals surface area contributed by atoms with E-state index in [1.54, 1.807) is 46.6 Å². The molecule has 0 aromatic heterocycles. The van der Waals surface area contributed by atoms with Crippen molar-refractivity contribution in [1.29, 1.82) is 0 Å². The van der Waals surface area contributed by atoms with E-state index in [1.807, 2.05) is 14.7 Å². The molecule has 0 unspecified atom stereocenters. The Labute approximate surface area is 467 Å². The van der Waals surface area contributed by atoms with Crippen LogP contribution in [0.25, 0.3) is 0 Å². The minimum Gasteiger partial charge on any atom is -0.553 e. The summed E-state index contributed by atoms with van der Waals surface area (Å²) in [4.78, 5) is 63.0. The third-order valence-corrected chi connectivity index (χ3v) is 11.0. The molecule has 4 aliphatic rings. The van der Waals surface area contributed by atoms with Gasteiger partial charge < -0.3 is 48.3 Å². The Morgan fingerprint density at radius 3 is 0.985 bits per heavy atom. The van der Waals surface area contributed by atoms with Gasteiger partial charge in [0.1, 0.15) is 0 Å². The van der Waals surface area contributed by atoms with Gasteiger partial charge in [0.15, 0.2) is 0 Å². The monoisotopic (exact) mass is 1120 g/mol. The Kier molecular flexibility index (Phi) is 44.1. The van der Waals surface area contributed by atoms with E-state index < -0.39 is 0 Å². The number of nitrogens with zero attached hydrogens (tertiary/aromatic N) is 8. The third-order valence-electron chi connectivity index (χ3n) is 11.0. The zero-order chi connectivity index (χ0) is 47.3. The van der Waals surface area contributed by atoms with Crippen LogP contribution in [0.3, 0.4) is 0 Å². The first kappa shape index (κ1) is 78.2. The Morgan fingerprint density at radius 2 is 0.706 bits per heavy atom. The first-order valence-corrected chi connectivity index (χ1v) is 21.4. The number of methoxy groups -OCH3 is 4. The standard InChI is InChI=1S/C14H25N2O2.C13H24N2O2.C10H17N2O2.C9H16N2O2.4CH4.2Y/c1-7-12(17)16-13(2,3)10-15(8-9-18-6)11-14(16,4)5;1-7-11(16)15-12(2,3)8-14(10-17-6)9-13(15,4)5;1-3-10(13)12-6-4-11(5-7-12)8-9-14-2;1-3-9(12)11-6-4-10(5-7-11)8-13-2;;;;;;/h7,9H,1,8,10-11H2,2-6H3;7H,1,8-10H2,2-6H3;3,9H,1,4-8H2,2H3;3H,1,4-8H2,2H3;4*1H4;;/q-1;;-1;;;;;;;. The van der Waals surface area contributed by atoms with E-state index in [9.17, 15) is 19.2 Å². The smallest absolute Gasteiger partial charge is 0.246 e. The molecule has 16 nitrogen and oxygen atoms in total. The van der Waals surface area contributed by atoms with Gasteiger partial charge in [-0.3, -0.25) is 29.0 Å². The van der Waals surface area contributed by atoms with Gasteiger partial charge in [0.2, 0.25) is 23.6 Å². The van der Waals surface area contributed by atoms with Crippen LogP contribution in [0.4, 0.5) is 0 Å². The fourth-order valence-corrected chi connectivity index (χ4v) is 9.05. The predicted octanol–water partition coefficient (Wildman–Crippen LogP) is 5.74. The van der Waals surface area contributed by atoms with Crippen molar-refractivity contribution in [3.63, 3.8) is 0 Å². The van der Waals surface area contributed by atoms with Gasteiger partial charge in [-0.2, -0.15) is 13.2 Å². The second-order valence-electron chi connectivity index (χ2n) is 18.3. The van der Waals surface area contributed by atoms with Gasteiger partial charge in [0, 0.05) is 158 Å². The zero-order valence-corrected chi connectivity index (χ0v) is 47.3. The molecule has 0 aromatic rings. The van der Waals surface area contributed by atoms with Crippen LogP contribution >= 0.6 is 0 Å². The van der Waals surface area contributed by atoms with E-state index in [0.29, 0.717) is 13.5 Å². The van der Waals surface area contributed by atoms with E-state index in [-0.39, 0.29) is 141 Å². The van der Waals surface area contributed by atoms with Gasteiger partial charge in [-0.25, -0.2) is 0 Å². The topological polar surface area (TPSA) is 131 Å². The van der Waals surface area contributed by atoms with Crippen LogP contribution in [0.1, 0.15) is 85.1 Å². The average molecular weight is 1120 g/mol. The molecule has 68 heavy (non-hydrogen) atoms. The maximum atomic E-state index is 12.1. The molecule has 0 saturated carbocycles. The molecule has 0 spiro atoms. The molecule has 394 valence electrons. The summed E-state index contributed by atoms with van der Waals surface area (Å²) in [5.41, 5.74) is -0.861. The Bertz CT molecular complexity index is 1420. The third kappa shape index (κ3) is 25.9. The van der Waals surface area contributed by atoms with E-state index >= 15 is 0 Å². The normalized spacial score (nSPS) is 19.2. The van der Waals surface area contributed by atoms with Crippen LogP contribution < -0.4 is 0 Å². The summed E-state index contributed by atoms with van der Waals surface area (Å²) < 4.78 is 20.1. The Morgan fingerprint density at radius 1 is 0.441 bits per heavy atom. The summed E-state index contributed by atoms with van der Waals surface area (Å²) >= 11 is 0. The predicted molar refractivity (Wildman–Crippen MR) is 273 cm³/mol. The molecule has 0 aliphatic carbocycles. The van der Waals surface area contributed by atoms with Crippen molar-refractivity contribution in [2.75, 3.05) is 134 Å². The van der Waals surface area contributed by atoms with Crippen LogP contribution in [0.15, 0.2) is 50.6 Å². The number of carbonyl (C=O) groups excluding carboxylic acids is 4. The number of piperazine rings is 4. The van der Waals surface area contributed by atoms with Crippen LogP contribution in [-0.2, 0) is 104 Å². The van der Waals surface area contributed by atoms with Crippen molar-refractivity contribution >= 4 is 23.6 Å². The molecule has 2 radical (unpaired) electrons. The van der Waals surface area contributed by atoms with Crippen molar-refractivity contribution in [3.05, 3.63) is 63.8 Å². The maximum absolute atomic E-state index is 12.1. The molecule has 0 N–H and O–H groups in total. The first-order valence-electron chi connectivity index (χ1n) is 21.4. The van der Waals surface area contributed by atoms with E-state index in [0.717, 1.165) is 91.6 Å². The van der Waals surface area contributed by atoms with E-state index in [4.69, 9.17) is 18.9 Å². The number of carbonyl (C=O) groups is 4. The second kappa shape index (κ2) is 38.4. The number of ether oxygens (including phenoxy) is 4. The number of rotatable bonds is 14. The molecule has 0 aromatic carbocycles. The van der Waals surface area contributed by atoms with Gasteiger partial charge in [-0.05, 0) is 93.9 Å². The van der Waals surface area contributed by atoms with Crippen molar-refractivity contribution < 1.29 is 104 Å². The summed E-state index contributed by atoms with van der Waals surface area (Å²) in [5, 5.41) is 0. The van der Waals surface area contributed by atoms with Gasteiger partial charge in [-0.15, -0.1) is 13.1 Å². The number of hydrogen-bond acceptors (Lipinski definition) is 12. The number of hydrogen-bond donors (Lipinski definition) is 0. The fraction of sp³-hybridized carbons (Fsp3) is 0.720. The molecular weight excluding hydrogens is 1020 g/mol. The van der Waals surface area contributed by atoms with Gasteiger partial charge in [0.25, 0.3) is 0 Å². The summed E-state index contributed by atoms with van der Waals surface area (Å²) in [7, 11) is 6.69. The molecule has 0 bridgehead atoms. The minimum atomic E-state index is -0.217. The average Bonchev–Trinajstić information content (AvgIpc) is 3.21. The molecule has 4 heterocycles. The van der Waals surface area contributed by atoms with Crippen molar-refractivity contribution in [2.45, 2.75) is 107 Å². The maximum Gasteiger partial charge on any atom is 0.246 e. The van der Waals surface area contributed by atoms with Crippen LogP contribution in [-0.4, -0.2) is 219 Å². The molecule has 4 aliphatic heterocycles. The van der Waals surface area contributed by atoms with Crippen LogP contribution in [0, 0.1) is 13.2 Å². The Balaban J connectivity index is -0.000000184. The molecule has 0 atom stereocenters. The Hall–Kier alpha value is -1.27. The van der Waals surface area contributed by atoms with Gasteiger partial charge in [-0.1, -0.05) is 56.0 Å². The molecule has 18 heteroatoms. The van der Waals surface area contributed by atoms with E-state index in [2.05, 4.69) is 101 Å². The number of amides is 4. The quantitative estimate of drug-likeness (QED) is 0.155. The van der Waals surface area contributed by atoms with Crippen molar-refractivity contribution in [3.8, 4) is 0 Å². The van der Waals surface area contributed by atoms with Crippen molar-refractivity contribution in [1.82, 2.24) is 39.2 Å². The molecule has 4 amide bonds. The summed E-state index contributed by atoms with van der Waals surface area (Å²) in [6.45, 7) is 47.2. The fourth-order valence-electron chi connectivity index (χ4n) is 9.05. The zero-order valence-electron chi connectivity index (χ0n) is 41.6. The second-order valence-corrected chi connectivity index (χ2v) is 18.3. The molecule has 4 fully saturated rings. The minimum absolute atomic E-state index is 0. The molecular formula is C50H98N8O8Y2-2. The summed E-state index contributed by atoms with van der Waals surface area (Å²) in [6.07, 6.45) is 5.54. The first-order chi connectivity index (χ1) is 29.0. The largest absolute Gasteiger partial charge is 0.553 e.